The SMILES string of the molecule is CCOCc1cccc(NC(=O)C2CC(F)(F)CN2)c1.Cl. The molecule has 0 aromatic heterocycles. The highest BCUT2D eigenvalue weighted by Crippen LogP contribution is 2.25. The molecule has 1 aliphatic rings. The van der Waals surface area contributed by atoms with Crippen molar-refractivity contribution in [3.63, 3.8) is 0 Å². The third kappa shape index (κ3) is 5.22. The molecular weight excluding hydrogens is 302 g/mol. The van der Waals surface area contributed by atoms with E-state index in [-0.39, 0.29) is 12.4 Å². The Bertz CT molecular complexity index is 486. The number of anilines is 1. The molecule has 2 rings (SSSR count). The van der Waals surface area contributed by atoms with E-state index in [9.17, 15) is 13.6 Å². The second kappa shape index (κ2) is 7.68. The molecule has 0 saturated carbocycles. The molecule has 1 heterocycles. The number of ether oxygens (including phenoxy) is 1. The Morgan fingerprint density at radius 2 is 2.29 bits per heavy atom. The van der Waals surface area contributed by atoms with Gasteiger partial charge in [-0.25, -0.2) is 8.78 Å². The number of hydrogen-bond donors (Lipinski definition) is 2. The van der Waals surface area contributed by atoms with Crippen molar-refractivity contribution in [1.82, 2.24) is 5.32 Å². The first-order chi connectivity index (χ1) is 9.50. The van der Waals surface area contributed by atoms with Crippen LogP contribution in [-0.4, -0.2) is 31.0 Å². The molecule has 0 aliphatic carbocycles. The highest BCUT2D eigenvalue weighted by Gasteiger charge is 2.42. The van der Waals surface area contributed by atoms with E-state index < -0.39 is 30.8 Å². The lowest BCUT2D eigenvalue weighted by Gasteiger charge is -2.12. The van der Waals surface area contributed by atoms with Gasteiger partial charge >= 0.3 is 0 Å². The molecule has 1 unspecified atom stereocenters. The first-order valence-corrected chi connectivity index (χ1v) is 6.59. The maximum Gasteiger partial charge on any atom is 0.262 e. The average Bonchev–Trinajstić information content (AvgIpc) is 2.77. The zero-order valence-electron chi connectivity index (χ0n) is 11.7. The Balaban J connectivity index is 0.00000220. The molecule has 0 spiro atoms. The normalized spacial score (nSPS) is 19.9. The summed E-state index contributed by atoms with van der Waals surface area (Å²) in [7, 11) is 0. The average molecular weight is 321 g/mol. The van der Waals surface area contributed by atoms with Crippen molar-refractivity contribution in [3.05, 3.63) is 29.8 Å². The zero-order valence-corrected chi connectivity index (χ0v) is 12.5. The Kier molecular flexibility index (Phi) is 6.51. The summed E-state index contributed by atoms with van der Waals surface area (Å²) in [6.07, 6.45) is -0.461. The van der Waals surface area contributed by atoms with E-state index in [1.54, 1.807) is 18.2 Å². The fourth-order valence-corrected chi connectivity index (χ4v) is 2.09. The number of benzene rings is 1. The van der Waals surface area contributed by atoms with Crippen LogP contribution in [0.2, 0.25) is 0 Å². The molecule has 1 aromatic carbocycles. The van der Waals surface area contributed by atoms with E-state index in [4.69, 9.17) is 4.74 Å². The summed E-state index contributed by atoms with van der Waals surface area (Å²) < 4.78 is 31.4. The van der Waals surface area contributed by atoms with Gasteiger partial charge < -0.3 is 10.1 Å². The van der Waals surface area contributed by atoms with Gasteiger partial charge in [-0.1, -0.05) is 12.1 Å². The van der Waals surface area contributed by atoms with Crippen LogP contribution in [0.3, 0.4) is 0 Å². The van der Waals surface area contributed by atoms with Crippen LogP contribution >= 0.6 is 12.4 Å². The number of nitrogens with one attached hydrogen (secondary N) is 2. The number of carbonyl (C=O) groups excluding carboxylic acids is 1. The van der Waals surface area contributed by atoms with Crippen molar-refractivity contribution >= 4 is 24.0 Å². The van der Waals surface area contributed by atoms with E-state index in [0.717, 1.165) is 5.56 Å². The maximum atomic E-state index is 13.0. The molecule has 118 valence electrons. The molecular formula is C14H19ClF2N2O2. The lowest BCUT2D eigenvalue weighted by molar-refractivity contribution is -0.118. The van der Waals surface area contributed by atoms with Gasteiger partial charge in [0.05, 0.1) is 19.2 Å². The monoisotopic (exact) mass is 320 g/mol. The standard InChI is InChI=1S/C14H18F2N2O2.ClH/c1-2-20-8-10-4-3-5-11(6-10)18-13(19)12-7-14(15,16)9-17-12;/h3-6,12,17H,2,7-9H2,1H3,(H,18,19);1H. The lowest BCUT2D eigenvalue weighted by Crippen LogP contribution is -2.35. The van der Waals surface area contributed by atoms with Gasteiger partial charge in [0.25, 0.3) is 5.92 Å². The van der Waals surface area contributed by atoms with E-state index in [0.29, 0.717) is 18.9 Å². The van der Waals surface area contributed by atoms with E-state index in [1.807, 2.05) is 13.0 Å². The summed E-state index contributed by atoms with van der Waals surface area (Å²) in [5, 5.41) is 5.18. The molecule has 0 radical (unpaired) electrons. The van der Waals surface area contributed by atoms with Crippen LogP contribution < -0.4 is 10.6 Å². The molecule has 4 nitrogen and oxygen atoms in total. The molecule has 7 heteroatoms. The second-order valence-corrected chi connectivity index (χ2v) is 4.82. The Morgan fingerprint density at radius 3 is 2.90 bits per heavy atom. The number of amides is 1. The van der Waals surface area contributed by atoms with Gasteiger partial charge in [0.15, 0.2) is 0 Å². The van der Waals surface area contributed by atoms with Crippen LogP contribution in [-0.2, 0) is 16.1 Å². The Labute approximate surface area is 128 Å². The zero-order chi connectivity index (χ0) is 14.6. The number of halogens is 3. The molecule has 1 saturated heterocycles. The fourth-order valence-electron chi connectivity index (χ4n) is 2.09. The largest absolute Gasteiger partial charge is 0.377 e. The van der Waals surface area contributed by atoms with Crippen molar-refractivity contribution in [2.24, 2.45) is 0 Å². The van der Waals surface area contributed by atoms with Gasteiger partial charge in [-0.2, -0.15) is 0 Å². The molecule has 2 N–H and O–H groups in total. The third-order valence-corrected chi connectivity index (χ3v) is 3.09. The van der Waals surface area contributed by atoms with E-state index in [1.165, 1.54) is 0 Å². The smallest absolute Gasteiger partial charge is 0.262 e. The van der Waals surface area contributed by atoms with Crippen molar-refractivity contribution in [1.29, 1.82) is 0 Å². The topological polar surface area (TPSA) is 50.4 Å². The summed E-state index contributed by atoms with van der Waals surface area (Å²) in [6, 6.07) is 6.33. The minimum atomic E-state index is -2.81. The van der Waals surface area contributed by atoms with E-state index >= 15 is 0 Å². The molecule has 1 aromatic rings. The molecule has 1 atom stereocenters. The highest BCUT2D eigenvalue weighted by atomic mass is 35.5. The first kappa shape index (κ1) is 17.8. The van der Waals surface area contributed by atoms with Gasteiger partial charge in [-0.3, -0.25) is 10.1 Å². The fraction of sp³-hybridized carbons (Fsp3) is 0.500. The van der Waals surface area contributed by atoms with E-state index in [2.05, 4.69) is 10.6 Å². The van der Waals surface area contributed by atoms with Crippen molar-refractivity contribution in [2.75, 3.05) is 18.5 Å². The predicted molar refractivity (Wildman–Crippen MR) is 79.0 cm³/mol. The summed E-state index contributed by atoms with van der Waals surface area (Å²) >= 11 is 0. The first-order valence-electron chi connectivity index (χ1n) is 6.59. The Morgan fingerprint density at radius 1 is 1.52 bits per heavy atom. The second-order valence-electron chi connectivity index (χ2n) is 4.82. The van der Waals surface area contributed by atoms with Crippen molar-refractivity contribution < 1.29 is 18.3 Å². The molecule has 0 bridgehead atoms. The van der Waals surface area contributed by atoms with Crippen LogP contribution in [0.5, 0.6) is 0 Å². The van der Waals surface area contributed by atoms with Crippen molar-refractivity contribution in [2.45, 2.75) is 31.9 Å². The molecule has 1 fully saturated rings. The molecule has 1 amide bonds. The maximum absolute atomic E-state index is 13.0. The van der Waals surface area contributed by atoms with Crippen LogP contribution in [0.15, 0.2) is 24.3 Å². The van der Waals surface area contributed by atoms with Crippen LogP contribution in [0, 0.1) is 0 Å². The van der Waals surface area contributed by atoms with Gasteiger partial charge in [0, 0.05) is 18.7 Å². The van der Waals surface area contributed by atoms with Crippen molar-refractivity contribution in [3.8, 4) is 0 Å². The van der Waals surface area contributed by atoms with Gasteiger partial charge in [-0.05, 0) is 24.6 Å². The summed E-state index contributed by atoms with van der Waals surface area (Å²) in [6.45, 7) is 2.52. The van der Waals surface area contributed by atoms with Crippen LogP contribution in [0.25, 0.3) is 0 Å². The lowest BCUT2D eigenvalue weighted by atomic mass is 10.1. The number of carbonyl (C=O) groups is 1. The predicted octanol–water partition coefficient (Wildman–Crippen LogP) is 2.58. The Hall–Kier alpha value is -1.24. The number of hydrogen-bond acceptors (Lipinski definition) is 3. The summed E-state index contributed by atoms with van der Waals surface area (Å²) in [5.41, 5.74) is 1.51. The minimum Gasteiger partial charge on any atom is -0.377 e. The van der Waals surface area contributed by atoms with Gasteiger partial charge in [0.2, 0.25) is 5.91 Å². The van der Waals surface area contributed by atoms with Gasteiger partial charge in [0.1, 0.15) is 0 Å². The molecule has 1 aliphatic heterocycles. The van der Waals surface area contributed by atoms with Crippen LogP contribution in [0.1, 0.15) is 18.9 Å². The highest BCUT2D eigenvalue weighted by molar-refractivity contribution is 5.95. The number of rotatable bonds is 5. The van der Waals surface area contributed by atoms with Gasteiger partial charge in [-0.15, -0.1) is 12.4 Å². The quantitative estimate of drug-likeness (QED) is 0.876. The van der Waals surface area contributed by atoms with Crippen LogP contribution in [0.4, 0.5) is 14.5 Å². The third-order valence-electron chi connectivity index (χ3n) is 3.09. The minimum absolute atomic E-state index is 0. The molecule has 21 heavy (non-hydrogen) atoms. The number of alkyl halides is 2. The summed E-state index contributed by atoms with van der Waals surface area (Å²) in [4.78, 5) is 11.9. The summed E-state index contributed by atoms with van der Waals surface area (Å²) in [5.74, 6) is -3.24.